The van der Waals surface area contributed by atoms with Crippen LogP contribution in [0, 0.1) is 19.8 Å². The minimum atomic E-state index is -2.99. The number of nitrogens with zero attached hydrogens (tertiary/aromatic N) is 4. The van der Waals surface area contributed by atoms with E-state index in [9.17, 15) is 13.2 Å². The van der Waals surface area contributed by atoms with Crippen molar-refractivity contribution in [1.82, 2.24) is 14.9 Å². The average molecular weight is 423 g/mol. The van der Waals surface area contributed by atoms with Gasteiger partial charge in [-0.3, -0.25) is 4.79 Å². The highest BCUT2D eigenvalue weighted by Gasteiger charge is 2.36. The molecule has 1 atom stereocenters. The molecular weight excluding hydrogens is 396 g/mol. The number of fused-ring (bicyclic) bond motifs is 1. The van der Waals surface area contributed by atoms with Crippen LogP contribution in [-0.4, -0.2) is 66.9 Å². The van der Waals surface area contributed by atoms with Gasteiger partial charge in [0.2, 0.25) is 5.91 Å². The van der Waals surface area contributed by atoms with Crippen LogP contribution in [0.3, 0.4) is 0 Å². The molecule has 0 saturated carbocycles. The van der Waals surface area contributed by atoms with Crippen molar-refractivity contribution in [3.05, 3.63) is 16.8 Å². The number of carbonyl (C=O) groups excluding carboxylic acids is 1. The molecule has 7 nitrogen and oxygen atoms in total. The molecule has 0 bridgehead atoms. The van der Waals surface area contributed by atoms with E-state index in [1.807, 2.05) is 0 Å². The first-order valence-corrected chi connectivity index (χ1v) is 12.3. The highest BCUT2D eigenvalue weighted by atomic mass is 32.2. The van der Waals surface area contributed by atoms with Crippen LogP contribution in [0.1, 0.15) is 29.7 Å². The molecule has 0 spiro atoms. The van der Waals surface area contributed by atoms with Crippen molar-refractivity contribution in [3.8, 4) is 0 Å². The lowest BCUT2D eigenvalue weighted by Gasteiger charge is -2.35. The number of thiophene rings is 1. The maximum Gasteiger partial charge on any atom is 0.225 e. The highest BCUT2D eigenvalue weighted by Crippen LogP contribution is 2.36. The first-order valence-electron chi connectivity index (χ1n) is 9.69. The van der Waals surface area contributed by atoms with Gasteiger partial charge >= 0.3 is 0 Å². The first-order chi connectivity index (χ1) is 13.3. The van der Waals surface area contributed by atoms with Crippen LogP contribution in [0.2, 0.25) is 0 Å². The number of sulfone groups is 1. The fraction of sp³-hybridized carbons (Fsp3) is 0.632. The van der Waals surface area contributed by atoms with Gasteiger partial charge in [-0.15, -0.1) is 11.3 Å². The molecule has 1 amide bonds. The Hall–Kier alpha value is -1.74. The Labute approximate surface area is 169 Å². The summed E-state index contributed by atoms with van der Waals surface area (Å²) in [5.41, 5.74) is 1.23. The molecule has 0 N–H and O–H groups in total. The Morgan fingerprint density at radius 1 is 1.21 bits per heavy atom. The molecule has 0 aromatic carbocycles. The molecule has 4 heterocycles. The molecule has 2 fully saturated rings. The second kappa shape index (κ2) is 7.26. The van der Waals surface area contributed by atoms with E-state index in [-0.39, 0.29) is 29.4 Å². The van der Waals surface area contributed by atoms with Crippen molar-refractivity contribution >= 4 is 43.1 Å². The molecule has 4 rings (SSSR count). The zero-order chi connectivity index (χ0) is 20.1. The van der Waals surface area contributed by atoms with Crippen LogP contribution >= 0.6 is 11.3 Å². The van der Waals surface area contributed by atoms with Crippen LogP contribution in [0.15, 0.2) is 6.33 Å². The number of hydrogen-bond acceptors (Lipinski definition) is 7. The van der Waals surface area contributed by atoms with Crippen molar-refractivity contribution < 1.29 is 13.2 Å². The maximum absolute atomic E-state index is 12.9. The fourth-order valence-electron chi connectivity index (χ4n) is 4.29. The molecule has 152 valence electrons. The van der Waals surface area contributed by atoms with Crippen LogP contribution in [0.4, 0.5) is 5.82 Å². The van der Waals surface area contributed by atoms with Gasteiger partial charge in [-0.25, -0.2) is 18.4 Å². The summed E-state index contributed by atoms with van der Waals surface area (Å²) in [4.78, 5) is 28.1. The minimum absolute atomic E-state index is 0.0489. The van der Waals surface area contributed by atoms with Crippen molar-refractivity contribution in [1.29, 1.82) is 0 Å². The predicted octanol–water partition coefficient (Wildman–Crippen LogP) is 2.17. The van der Waals surface area contributed by atoms with Gasteiger partial charge < -0.3 is 9.80 Å². The third-order valence-electron chi connectivity index (χ3n) is 6.19. The van der Waals surface area contributed by atoms with Gasteiger partial charge in [-0.2, -0.15) is 0 Å². The number of aryl methyl sites for hydroxylation is 2. The number of amides is 1. The molecule has 2 aliphatic rings. The molecule has 9 heteroatoms. The topological polar surface area (TPSA) is 83.5 Å². The molecular formula is C19H26N4O3S2. The largest absolute Gasteiger partial charge is 0.356 e. The number of anilines is 1. The summed E-state index contributed by atoms with van der Waals surface area (Å²) in [7, 11) is -1.23. The zero-order valence-electron chi connectivity index (χ0n) is 16.5. The van der Waals surface area contributed by atoms with E-state index < -0.39 is 9.84 Å². The van der Waals surface area contributed by atoms with Gasteiger partial charge in [0.25, 0.3) is 0 Å². The number of hydrogen-bond donors (Lipinski definition) is 0. The van der Waals surface area contributed by atoms with E-state index >= 15 is 0 Å². The van der Waals surface area contributed by atoms with Gasteiger partial charge in [0.05, 0.1) is 16.9 Å². The van der Waals surface area contributed by atoms with Crippen LogP contribution in [0.25, 0.3) is 10.2 Å². The molecule has 28 heavy (non-hydrogen) atoms. The van der Waals surface area contributed by atoms with E-state index in [0.717, 1.165) is 42.0 Å². The Balaban J connectivity index is 1.45. The van der Waals surface area contributed by atoms with Gasteiger partial charge in [0.1, 0.15) is 17.0 Å². The summed E-state index contributed by atoms with van der Waals surface area (Å²) < 4.78 is 23.4. The van der Waals surface area contributed by atoms with Crippen LogP contribution < -0.4 is 4.90 Å². The number of piperidine rings is 1. The Kier molecular flexibility index (Phi) is 5.07. The van der Waals surface area contributed by atoms with Crippen molar-refractivity contribution in [2.45, 2.75) is 39.2 Å². The first kappa shape index (κ1) is 19.6. The standard InChI is InChI=1S/C19H26N4O3S2/c1-12-13(2)27-18-16(12)17(20-11-21-18)23-7-4-14(5-8-23)19(24)22(3)15-6-9-28(25,26)10-15/h11,14-15H,4-10H2,1-3H3. The van der Waals surface area contributed by atoms with Gasteiger partial charge in [0, 0.05) is 37.0 Å². The third-order valence-corrected chi connectivity index (χ3v) is 9.06. The summed E-state index contributed by atoms with van der Waals surface area (Å²) in [5, 5.41) is 1.13. The third kappa shape index (κ3) is 3.50. The van der Waals surface area contributed by atoms with Crippen LogP contribution in [0.5, 0.6) is 0 Å². The summed E-state index contributed by atoms with van der Waals surface area (Å²) in [6.45, 7) is 5.76. The summed E-state index contributed by atoms with van der Waals surface area (Å²) in [6, 6.07) is -0.173. The number of carbonyl (C=O) groups is 1. The molecule has 0 radical (unpaired) electrons. The Morgan fingerprint density at radius 3 is 2.57 bits per heavy atom. The maximum atomic E-state index is 12.9. The van der Waals surface area contributed by atoms with Crippen LogP contribution in [-0.2, 0) is 14.6 Å². The smallest absolute Gasteiger partial charge is 0.225 e. The van der Waals surface area contributed by atoms with Gasteiger partial charge in [-0.1, -0.05) is 0 Å². The highest BCUT2D eigenvalue weighted by molar-refractivity contribution is 7.91. The van der Waals surface area contributed by atoms with Crippen molar-refractivity contribution in [2.75, 3.05) is 36.5 Å². The molecule has 2 aromatic heterocycles. The predicted molar refractivity (Wildman–Crippen MR) is 112 cm³/mol. The average Bonchev–Trinajstić information content (AvgIpc) is 3.19. The van der Waals surface area contributed by atoms with E-state index in [2.05, 4.69) is 28.7 Å². The second-order valence-corrected chi connectivity index (χ2v) is 11.4. The minimum Gasteiger partial charge on any atom is -0.356 e. The molecule has 0 aliphatic carbocycles. The lowest BCUT2D eigenvalue weighted by atomic mass is 9.94. The summed E-state index contributed by atoms with van der Waals surface area (Å²) >= 11 is 1.69. The molecule has 2 saturated heterocycles. The van der Waals surface area contributed by atoms with E-state index in [0.29, 0.717) is 6.42 Å². The SMILES string of the molecule is Cc1sc2ncnc(N3CCC(C(=O)N(C)C4CCS(=O)(=O)C4)CC3)c2c1C. The molecule has 1 unspecified atom stereocenters. The summed E-state index contributed by atoms with van der Waals surface area (Å²) in [5.74, 6) is 1.29. The molecule has 2 aliphatic heterocycles. The van der Waals surface area contributed by atoms with E-state index in [1.165, 1.54) is 10.4 Å². The quantitative estimate of drug-likeness (QED) is 0.754. The van der Waals surface area contributed by atoms with Gasteiger partial charge in [0.15, 0.2) is 9.84 Å². The number of rotatable bonds is 3. The Bertz CT molecular complexity index is 1010. The van der Waals surface area contributed by atoms with E-state index in [4.69, 9.17) is 0 Å². The monoisotopic (exact) mass is 422 g/mol. The normalized spacial score (nSPS) is 22.7. The fourth-order valence-corrected chi connectivity index (χ4v) is 7.06. The lowest BCUT2D eigenvalue weighted by molar-refractivity contribution is -0.136. The van der Waals surface area contributed by atoms with E-state index in [1.54, 1.807) is 29.6 Å². The zero-order valence-corrected chi connectivity index (χ0v) is 18.1. The molecule has 2 aromatic rings. The lowest BCUT2D eigenvalue weighted by Crippen LogP contribution is -2.45. The second-order valence-electron chi connectivity index (χ2n) is 7.93. The van der Waals surface area contributed by atoms with Crippen molar-refractivity contribution in [2.24, 2.45) is 5.92 Å². The van der Waals surface area contributed by atoms with Gasteiger partial charge in [-0.05, 0) is 38.7 Å². The van der Waals surface area contributed by atoms with Crippen molar-refractivity contribution in [3.63, 3.8) is 0 Å². The Morgan fingerprint density at radius 2 is 1.93 bits per heavy atom. The number of aromatic nitrogens is 2. The summed E-state index contributed by atoms with van der Waals surface area (Å²) in [6.07, 6.45) is 3.70.